The van der Waals surface area contributed by atoms with E-state index in [1.165, 1.54) is 5.56 Å². The Labute approximate surface area is 148 Å². The number of benzene rings is 2. The first-order chi connectivity index (χ1) is 12.0. The normalized spacial score (nSPS) is 13.9. The van der Waals surface area contributed by atoms with E-state index in [0.29, 0.717) is 19.8 Å². The van der Waals surface area contributed by atoms with E-state index in [0.717, 1.165) is 22.6 Å². The van der Waals surface area contributed by atoms with Crippen molar-refractivity contribution in [2.24, 2.45) is 0 Å². The van der Waals surface area contributed by atoms with Gasteiger partial charge in [0.15, 0.2) is 11.5 Å². The van der Waals surface area contributed by atoms with Gasteiger partial charge in [0.05, 0.1) is 6.04 Å². The Morgan fingerprint density at radius 3 is 2.64 bits per heavy atom. The van der Waals surface area contributed by atoms with Gasteiger partial charge in [-0.1, -0.05) is 30.3 Å². The lowest BCUT2D eigenvalue weighted by molar-refractivity contribution is 0.171. The molecule has 0 radical (unpaired) electrons. The number of nitrogens with zero attached hydrogens (tertiary/aromatic N) is 1. The van der Waals surface area contributed by atoms with E-state index in [1.807, 2.05) is 43.3 Å². The predicted molar refractivity (Wildman–Crippen MR) is 97.0 cm³/mol. The Morgan fingerprint density at radius 1 is 1.16 bits per heavy atom. The summed E-state index contributed by atoms with van der Waals surface area (Å²) in [7, 11) is 1.80. The number of hydrogen-bond acceptors (Lipinski definition) is 3. The van der Waals surface area contributed by atoms with Gasteiger partial charge in [0, 0.05) is 13.6 Å². The van der Waals surface area contributed by atoms with Crippen LogP contribution in [0.3, 0.4) is 0 Å². The molecule has 0 saturated carbocycles. The van der Waals surface area contributed by atoms with E-state index in [-0.39, 0.29) is 12.1 Å². The van der Waals surface area contributed by atoms with Crippen LogP contribution in [-0.2, 0) is 6.54 Å². The maximum Gasteiger partial charge on any atom is 0.317 e. The predicted octanol–water partition coefficient (Wildman–Crippen LogP) is 3.67. The Balaban J connectivity index is 1.63. The minimum atomic E-state index is -0.123. The minimum absolute atomic E-state index is 0.106. The van der Waals surface area contributed by atoms with Crippen molar-refractivity contribution in [3.05, 3.63) is 59.2 Å². The zero-order valence-corrected chi connectivity index (χ0v) is 14.9. The van der Waals surface area contributed by atoms with E-state index < -0.39 is 0 Å². The maximum absolute atomic E-state index is 12.5. The van der Waals surface area contributed by atoms with Crippen LogP contribution >= 0.6 is 0 Å². The smallest absolute Gasteiger partial charge is 0.317 e. The molecule has 132 valence electrons. The van der Waals surface area contributed by atoms with Crippen LogP contribution < -0.4 is 14.8 Å². The third kappa shape index (κ3) is 4.05. The second kappa shape index (κ2) is 7.47. The molecule has 1 unspecified atom stereocenters. The standard InChI is InChI=1S/C20H24N2O3/c1-14-6-4-5-7-17(14)13-22(3)20(23)21-15(2)16-8-9-18-19(12-16)25-11-10-24-18/h4-9,12,15H,10-11,13H2,1-3H3,(H,21,23). The fourth-order valence-electron chi connectivity index (χ4n) is 2.82. The van der Waals surface area contributed by atoms with Gasteiger partial charge in [0.2, 0.25) is 0 Å². The van der Waals surface area contributed by atoms with E-state index in [9.17, 15) is 4.79 Å². The lowest BCUT2D eigenvalue weighted by Crippen LogP contribution is -2.38. The number of ether oxygens (including phenoxy) is 2. The Bertz CT molecular complexity index is 760. The van der Waals surface area contributed by atoms with Gasteiger partial charge < -0.3 is 19.7 Å². The molecular formula is C20H24N2O3. The minimum Gasteiger partial charge on any atom is -0.486 e. The van der Waals surface area contributed by atoms with Crippen LogP contribution in [0.2, 0.25) is 0 Å². The molecule has 25 heavy (non-hydrogen) atoms. The van der Waals surface area contributed by atoms with Gasteiger partial charge in [-0.15, -0.1) is 0 Å². The SMILES string of the molecule is Cc1ccccc1CN(C)C(=O)NC(C)c1ccc2c(c1)OCCO2. The van der Waals surface area contributed by atoms with Gasteiger partial charge in [0.25, 0.3) is 0 Å². The van der Waals surface area contributed by atoms with E-state index in [2.05, 4.69) is 18.3 Å². The fourth-order valence-corrected chi connectivity index (χ4v) is 2.82. The number of rotatable bonds is 4. The summed E-state index contributed by atoms with van der Waals surface area (Å²) in [6, 6.07) is 13.6. The average molecular weight is 340 g/mol. The fraction of sp³-hybridized carbons (Fsp3) is 0.350. The van der Waals surface area contributed by atoms with E-state index >= 15 is 0 Å². The number of hydrogen-bond donors (Lipinski definition) is 1. The van der Waals surface area contributed by atoms with Crippen LogP contribution in [0.25, 0.3) is 0 Å². The molecule has 1 heterocycles. The van der Waals surface area contributed by atoms with E-state index in [4.69, 9.17) is 9.47 Å². The van der Waals surface area contributed by atoms with Crippen molar-refractivity contribution in [1.82, 2.24) is 10.2 Å². The zero-order chi connectivity index (χ0) is 17.8. The van der Waals surface area contributed by atoms with Crippen molar-refractivity contribution >= 4 is 6.03 Å². The highest BCUT2D eigenvalue weighted by Gasteiger charge is 2.17. The van der Waals surface area contributed by atoms with Gasteiger partial charge >= 0.3 is 6.03 Å². The summed E-state index contributed by atoms with van der Waals surface area (Å²) in [5, 5.41) is 3.03. The summed E-state index contributed by atoms with van der Waals surface area (Å²) in [4.78, 5) is 14.2. The third-order valence-electron chi connectivity index (χ3n) is 4.42. The summed E-state index contributed by atoms with van der Waals surface area (Å²) in [6.45, 7) is 5.72. The summed E-state index contributed by atoms with van der Waals surface area (Å²) < 4.78 is 11.1. The van der Waals surface area contributed by atoms with Gasteiger partial charge in [-0.05, 0) is 42.7 Å². The summed E-state index contributed by atoms with van der Waals surface area (Å²) in [6.07, 6.45) is 0. The maximum atomic E-state index is 12.5. The number of nitrogens with one attached hydrogen (secondary N) is 1. The zero-order valence-electron chi connectivity index (χ0n) is 14.9. The second-order valence-electron chi connectivity index (χ2n) is 6.36. The van der Waals surface area contributed by atoms with Crippen LogP contribution in [-0.4, -0.2) is 31.2 Å². The highest BCUT2D eigenvalue weighted by atomic mass is 16.6. The Morgan fingerprint density at radius 2 is 1.88 bits per heavy atom. The summed E-state index contributed by atoms with van der Waals surface area (Å²) in [5.74, 6) is 1.49. The molecule has 3 rings (SSSR count). The highest BCUT2D eigenvalue weighted by molar-refractivity contribution is 5.74. The Hall–Kier alpha value is -2.69. The average Bonchev–Trinajstić information content (AvgIpc) is 2.63. The van der Waals surface area contributed by atoms with Crippen LogP contribution in [0.15, 0.2) is 42.5 Å². The topological polar surface area (TPSA) is 50.8 Å². The molecule has 0 fully saturated rings. The first-order valence-corrected chi connectivity index (χ1v) is 8.50. The van der Waals surface area contributed by atoms with Crippen LogP contribution in [0, 0.1) is 6.92 Å². The number of aryl methyl sites for hydroxylation is 1. The van der Waals surface area contributed by atoms with Crippen molar-refractivity contribution in [3.63, 3.8) is 0 Å². The molecule has 1 N–H and O–H groups in total. The number of carbonyl (C=O) groups is 1. The van der Waals surface area contributed by atoms with E-state index in [1.54, 1.807) is 11.9 Å². The summed E-state index contributed by atoms with van der Waals surface area (Å²) >= 11 is 0. The number of fused-ring (bicyclic) bond motifs is 1. The molecule has 2 aromatic rings. The van der Waals surface area contributed by atoms with Gasteiger partial charge in [-0.3, -0.25) is 0 Å². The van der Waals surface area contributed by atoms with Gasteiger partial charge in [-0.25, -0.2) is 4.79 Å². The van der Waals surface area contributed by atoms with Crippen molar-refractivity contribution in [1.29, 1.82) is 0 Å². The molecule has 0 aliphatic carbocycles. The highest BCUT2D eigenvalue weighted by Crippen LogP contribution is 2.32. The summed E-state index contributed by atoms with van der Waals surface area (Å²) in [5.41, 5.74) is 3.32. The quantitative estimate of drug-likeness (QED) is 0.924. The molecule has 5 heteroatoms. The van der Waals surface area contributed by atoms with Crippen LogP contribution in [0.4, 0.5) is 4.79 Å². The first kappa shape index (κ1) is 17.1. The lowest BCUT2D eigenvalue weighted by atomic mass is 10.1. The third-order valence-corrected chi connectivity index (χ3v) is 4.42. The number of carbonyl (C=O) groups excluding carboxylic acids is 1. The van der Waals surface area contributed by atoms with Gasteiger partial charge in [-0.2, -0.15) is 0 Å². The molecule has 1 aliphatic heterocycles. The largest absolute Gasteiger partial charge is 0.486 e. The molecule has 1 atom stereocenters. The molecule has 0 saturated heterocycles. The first-order valence-electron chi connectivity index (χ1n) is 8.50. The molecule has 2 aromatic carbocycles. The molecular weight excluding hydrogens is 316 g/mol. The van der Waals surface area contributed by atoms with Crippen LogP contribution in [0.5, 0.6) is 11.5 Å². The van der Waals surface area contributed by atoms with Crippen molar-refractivity contribution in [2.45, 2.75) is 26.4 Å². The molecule has 2 amide bonds. The van der Waals surface area contributed by atoms with Crippen molar-refractivity contribution in [3.8, 4) is 11.5 Å². The second-order valence-corrected chi connectivity index (χ2v) is 6.36. The number of amides is 2. The molecule has 0 aromatic heterocycles. The number of urea groups is 1. The molecule has 1 aliphatic rings. The van der Waals surface area contributed by atoms with Gasteiger partial charge in [0.1, 0.15) is 13.2 Å². The Kier molecular flexibility index (Phi) is 5.12. The molecule has 0 bridgehead atoms. The molecule has 5 nitrogen and oxygen atoms in total. The molecule has 0 spiro atoms. The van der Waals surface area contributed by atoms with Crippen molar-refractivity contribution < 1.29 is 14.3 Å². The van der Waals surface area contributed by atoms with Crippen LogP contribution in [0.1, 0.15) is 29.7 Å². The lowest BCUT2D eigenvalue weighted by Gasteiger charge is -2.24. The monoisotopic (exact) mass is 340 g/mol. The van der Waals surface area contributed by atoms with Crippen molar-refractivity contribution in [2.75, 3.05) is 20.3 Å².